The van der Waals surface area contributed by atoms with Gasteiger partial charge in [-0.1, -0.05) is 18.1 Å². The van der Waals surface area contributed by atoms with Crippen LogP contribution in [0.2, 0.25) is 0 Å². The maximum atomic E-state index is 11.7. The van der Waals surface area contributed by atoms with Gasteiger partial charge >= 0.3 is 0 Å². The lowest BCUT2D eigenvalue weighted by atomic mass is 10.1. The zero-order valence-corrected chi connectivity index (χ0v) is 9.51. The summed E-state index contributed by atoms with van der Waals surface area (Å²) in [6, 6.07) is 4.98. The standard InChI is InChI=1S/C11H11N5O/c1-6(15-16-12)8-3-4-10-9(5-8)11(17)14-7(2)13-10/h3-6H,1-2H3,(H,13,14,17). The molecule has 86 valence electrons. The Morgan fingerprint density at radius 3 is 3.00 bits per heavy atom. The van der Waals surface area contributed by atoms with Gasteiger partial charge in [0.2, 0.25) is 0 Å². The molecule has 6 heteroatoms. The fourth-order valence-electron chi connectivity index (χ4n) is 1.68. The lowest BCUT2D eigenvalue weighted by Gasteiger charge is -2.06. The fraction of sp³-hybridized carbons (Fsp3) is 0.273. The van der Waals surface area contributed by atoms with Gasteiger partial charge in [0.15, 0.2) is 0 Å². The molecule has 1 N–H and O–H groups in total. The Kier molecular flexibility index (Phi) is 2.80. The van der Waals surface area contributed by atoms with Crippen LogP contribution in [0, 0.1) is 6.92 Å². The van der Waals surface area contributed by atoms with Crippen molar-refractivity contribution in [2.45, 2.75) is 19.9 Å². The van der Waals surface area contributed by atoms with Crippen molar-refractivity contribution in [2.75, 3.05) is 0 Å². The Morgan fingerprint density at radius 1 is 1.53 bits per heavy atom. The van der Waals surface area contributed by atoms with E-state index in [0.29, 0.717) is 16.7 Å². The third-order valence-corrected chi connectivity index (χ3v) is 2.56. The topological polar surface area (TPSA) is 94.5 Å². The maximum absolute atomic E-state index is 11.7. The molecule has 2 aromatic rings. The van der Waals surface area contributed by atoms with Crippen molar-refractivity contribution < 1.29 is 0 Å². The molecule has 0 saturated heterocycles. The van der Waals surface area contributed by atoms with Crippen LogP contribution in [0.1, 0.15) is 24.4 Å². The van der Waals surface area contributed by atoms with Gasteiger partial charge in [0.1, 0.15) is 5.82 Å². The van der Waals surface area contributed by atoms with Gasteiger partial charge in [0.25, 0.3) is 5.56 Å². The summed E-state index contributed by atoms with van der Waals surface area (Å²) < 4.78 is 0. The van der Waals surface area contributed by atoms with Gasteiger partial charge in [-0.2, -0.15) is 0 Å². The van der Waals surface area contributed by atoms with E-state index in [1.165, 1.54) is 0 Å². The lowest BCUT2D eigenvalue weighted by molar-refractivity contribution is 0.809. The quantitative estimate of drug-likeness (QED) is 0.486. The largest absolute Gasteiger partial charge is 0.310 e. The van der Waals surface area contributed by atoms with E-state index in [2.05, 4.69) is 20.0 Å². The van der Waals surface area contributed by atoms with Gasteiger partial charge < -0.3 is 4.98 Å². The van der Waals surface area contributed by atoms with Crippen molar-refractivity contribution in [1.29, 1.82) is 0 Å². The van der Waals surface area contributed by atoms with E-state index in [9.17, 15) is 4.79 Å². The predicted octanol–water partition coefficient (Wildman–Crippen LogP) is 2.60. The molecule has 1 aromatic carbocycles. The Balaban J connectivity index is 2.65. The zero-order chi connectivity index (χ0) is 12.4. The Hall–Kier alpha value is -2.33. The van der Waals surface area contributed by atoms with Gasteiger partial charge in [0, 0.05) is 4.91 Å². The molecule has 2 rings (SSSR count). The van der Waals surface area contributed by atoms with Crippen molar-refractivity contribution in [3.63, 3.8) is 0 Å². The number of fused-ring (bicyclic) bond motifs is 1. The van der Waals surface area contributed by atoms with Crippen LogP contribution in [0.4, 0.5) is 0 Å². The second-order valence-electron chi connectivity index (χ2n) is 3.81. The number of hydrogen-bond donors (Lipinski definition) is 1. The minimum atomic E-state index is -0.301. The van der Waals surface area contributed by atoms with E-state index in [1.807, 2.05) is 6.07 Å². The number of azide groups is 1. The highest BCUT2D eigenvalue weighted by Gasteiger charge is 2.07. The van der Waals surface area contributed by atoms with Crippen LogP contribution in [0.15, 0.2) is 28.1 Å². The summed E-state index contributed by atoms with van der Waals surface area (Å²) in [7, 11) is 0. The summed E-state index contributed by atoms with van der Waals surface area (Å²) in [5, 5.41) is 4.10. The number of aromatic amines is 1. The minimum absolute atomic E-state index is 0.178. The van der Waals surface area contributed by atoms with Gasteiger partial charge in [-0.3, -0.25) is 4.79 Å². The van der Waals surface area contributed by atoms with Gasteiger partial charge in [0.05, 0.1) is 16.9 Å². The second-order valence-corrected chi connectivity index (χ2v) is 3.81. The monoisotopic (exact) mass is 229 g/mol. The second kappa shape index (κ2) is 4.27. The first-order valence-electron chi connectivity index (χ1n) is 5.16. The lowest BCUT2D eigenvalue weighted by Crippen LogP contribution is -2.10. The smallest absolute Gasteiger partial charge is 0.258 e. The van der Waals surface area contributed by atoms with Crippen LogP contribution >= 0.6 is 0 Å². The highest BCUT2D eigenvalue weighted by molar-refractivity contribution is 5.78. The average molecular weight is 229 g/mol. The first-order valence-corrected chi connectivity index (χ1v) is 5.16. The molecule has 0 aliphatic rings. The van der Waals surface area contributed by atoms with E-state index in [0.717, 1.165) is 5.56 Å². The van der Waals surface area contributed by atoms with Crippen molar-refractivity contribution in [3.05, 3.63) is 50.4 Å². The maximum Gasteiger partial charge on any atom is 0.258 e. The van der Waals surface area contributed by atoms with Crippen molar-refractivity contribution in [2.24, 2.45) is 5.11 Å². The molecule has 0 radical (unpaired) electrons. The molecule has 0 spiro atoms. The minimum Gasteiger partial charge on any atom is -0.310 e. The number of hydrogen-bond acceptors (Lipinski definition) is 3. The number of H-pyrrole nitrogens is 1. The molecule has 6 nitrogen and oxygen atoms in total. The molecule has 1 atom stereocenters. The summed E-state index contributed by atoms with van der Waals surface area (Å²) in [5.74, 6) is 0.582. The molecule has 0 bridgehead atoms. The Labute approximate surface area is 96.9 Å². The molecule has 0 aliphatic heterocycles. The average Bonchev–Trinajstić information content (AvgIpc) is 2.28. The summed E-state index contributed by atoms with van der Waals surface area (Å²) in [5.41, 5.74) is 9.64. The van der Waals surface area contributed by atoms with Crippen LogP contribution in [-0.4, -0.2) is 9.97 Å². The van der Waals surface area contributed by atoms with Crippen LogP contribution in [0.3, 0.4) is 0 Å². The molecule has 0 aliphatic carbocycles. The van der Waals surface area contributed by atoms with Crippen molar-refractivity contribution in [1.82, 2.24) is 9.97 Å². The molecule has 1 unspecified atom stereocenters. The van der Waals surface area contributed by atoms with E-state index in [-0.39, 0.29) is 11.6 Å². The van der Waals surface area contributed by atoms with Crippen molar-refractivity contribution in [3.8, 4) is 0 Å². The number of benzene rings is 1. The zero-order valence-electron chi connectivity index (χ0n) is 9.51. The van der Waals surface area contributed by atoms with E-state index >= 15 is 0 Å². The van der Waals surface area contributed by atoms with E-state index in [4.69, 9.17) is 5.53 Å². The third kappa shape index (κ3) is 2.11. The summed E-state index contributed by atoms with van der Waals surface area (Å²) in [6.45, 7) is 3.51. The SMILES string of the molecule is Cc1nc2ccc(C(C)N=[N+]=[N-])cc2c(=O)[nH]1. The van der Waals surface area contributed by atoms with Crippen LogP contribution in [0.25, 0.3) is 21.3 Å². The number of rotatable bonds is 2. The van der Waals surface area contributed by atoms with E-state index in [1.54, 1.807) is 26.0 Å². The van der Waals surface area contributed by atoms with Crippen LogP contribution in [-0.2, 0) is 0 Å². The molecule has 0 amide bonds. The Bertz CT molecular complexity index is 669. The molecule has 1 heterocycles. The van der Waals surface area contributed by atoms with Gasteiger partial charge in [-0.15, -0.1) is 0 Å². The van der Waals surface area contributed by atoms with E-state index < -0.39 is 0 Å². The normalized spacial score (nSPS) is 12.1. The molecular formula is C11H11N5O. The van der Waals surface area contributed by atoms with Crippen LogP contribution in [0.5, 0.6) is 0 Å². The fourth-order valence-corrected chi connectivity index (χ4v) is 1.68. The van der Waals surface area contributed by atoms with Gasteiger partial charge in [-0.25, -0.2) is 4.98 Å². The molecule has 1 aromatic heterocycles. The third-order valence-electron chi connectivity index (χ3n) is 2.56. The first kappa shape index (κ1) is 11.2. The highest BCUT2D eigenvalue weighted by atomic mass is 16.1. The number of nitrogens with one attached hydrogen (secondary N) is 1. The molecule has 0 saturated carbocycles. The highest BCUT2D eigenvalue weighted by Crippen LogP contribution is 2.19. The number of aryl methyl sites for hydroxylation is 1. The Morgan fingerprint density at radius 2 is 2.29 bits per heavy atom. The number of aromatic nitrogens is 2. The molecular weight excluding hydrogens is 218 g/mol. The molecule has 0 fully saturated rings. The number of nitrogens with zero attached hydrogens (tertiary/aromatic N) is 4. The predicted molar refractivity (Wildman–Crippen MR) is 64.7 cm³/mol. The van der Waals surface area contributed by atoms with Gasteiger partial charge in [-0.05, 0) is 30.2 Å². The summed E-state index contributed by atoms with van der Waals surface area (Å²) >= 11 is 0. The molecule has 17 heavy (non-hydrogen) atoms. The summed E-state index contributed by atoms with van der Waals surface area (Å²) in [6.07, 6.45) is 0. The van der Waals surface area contributed by atoms with Crippen molar-refractivity contribution >= 4 is 10.9 Å². The van der Waals surface area contributed by atoms with Crippen LogP contribution < -0.4 is 5.56 Å². The first-order chi connectivity index (χ1) is 8.11. The summed E-state index contributed by atoms with van der Waals surface area (Å²) in [4.78, 5) is 21.4.